The van der Waals surface area contributed by atoms with Gasteiger partial charge in [0.1, 0.15) is 11.9 Å². The van der Waals surface area contributed by atoms with Crippen molar-refractivity contribution in [2.45, 2.75) is 26.9 Å². The smallest absolute Gasteiger partial charge is 0.257 e. The first kappa shape index (κ1) is 22.8. The van der Waals surface area contributed by atoms with Crippen molar-refractivity contribution >= 4 is 17.4 Å². The van der Waals surface area contributed by atoms with Gasteiger partial charge in [0, 0.05) is 29.5 Å². The average Bonchev–Trinajstić information content (AvgIpc) is 2.76. The molecule has 3 rings (SSSR count). The zero-order valence-electron chi connectivity index (χ0n) is 18.6. The zero-order chi connectivity index (χ0) is 23.1. The first-order valence-electron chi connectivity index (χ1n) is 10.1. The van der Waals surface area contributed by atoms with Gasteiger partial charge in [-0.1, -0.05) is 17.9 Å². The van der Waals surface area contributed by atoms with Crippen molar-refractivity contribution < 1.29 is 14.3 Å². The molecule has 3 N–H and O–H groups in total. The van der Waals surface area contributed by atoms with Gasteiger partial charge in [0.15, 0.2) is 5.82 Å². The molecule has 0 fully saturated rings. The molecule has 1 amide bonds. The summed E-state index contributed by atoms with van der Waals surface area (Å²) in [6, 6.07) is 10.8. The van der Waals surface area contributed by atoms with Crippen LogP contribution in [-0.2, 0) is 4.74 Å². The van der Waals surface area contributed by atoms with Crippen LogP contribution in [0.4, 0.5) is 11.5 Å². The highest BCUT2D eigenvalue weighted by Crippen LogP contribution is 2.20. The van der Waals surface area contributed by atoms with E-state index in [1.165, 1.54) is 6.20 Å². The summed E-state index contributed by atoms with van der Waals surface area (Å²) in [7, 11) is 1.61. The van der Waals surface area contributed by atoms with E-state index in [0.29, 0.717) is 35.0 Å². The fourth-order valence-electron chi connectivity index (χ4n) is 2.88. The number of ether oxygens (including phenoxy) is 2. The maximum atomic E-state index is 12.8. The number of carbonyl (C=O) groups is 1. The molecule has 1 aromatic heterocycles. The number of nitrogens with one attached hydrogen (secondary N) is 1. The van der Waals surface area contributed by atoms with Gasteiger partial charge in [-0.3, -0.25) is 9.78 Å². The molecule has 0 spiro atoms. The van der Waals surface area contributed by atoms with Crippen LogP contribution in [0.5, 0.6) is 5.75 Å². The Morgan fingerprint density at radius 3 is 2.56 bits per heavy atom. The van der Waals surface area contributed by atoms with Crippen LogP contribution in [0.15, 0.2) is 48.8 Å². The van der Waals surface area contributed by atoms with Crippen LogP contribution in [-0.4, -0.2) is 35.7 Å². The van der Waals surface area contributed by atoms with E-state index in [9.17, 15) is 4.79 Å². The molecule has 3 aromatic rings. The fraction of sp³-hybridized carbons (Fsp3) is 0.240. The molecule has 2 aromatic carbocycles. The van der Waals surface area contributed by atoms with E-state index in [-0.39, 0.29) is 12.0 Å². The summed E-state index contributed by atoms with van der Waals surface area (Å²) in [4.78, 5) is 21.2. The normalized spacial score (nSPS) is 11.2. The molecular formula is C25H26N4O3. The molecule has 7 heteroatoms. The lowest BCUT2D eigenvalue weighted by Gasteiger charge is -2.15. The number of hydrogen-bond acceptors (Lipinski definition) is 6. The minimum atomic E-state index is -0.337. The molecular weight excluding hydrogens is 404 g/mol. The number of nitrogens with zero attached hydrogens (tertiary/aromatic N) is 2. The van der Waals surface area contributed by atoms with Crippen molar-refractivity contribution in [2.75, 3.05) is 24.8 Å². The first-order valence-corrected chi connectivity index (χ1v) is 10.1. The van der Waals surface area contributed by atoms with Crippen molar-refractivity contribution in [3.8, 4) is 17.6 Å². The SMILES string of the molecule is COC[C@H](C)Oc1cc(C#Cc2ccc(C)c(N)c2)cc(C(=O)Nc2cnc(C)cn2)c1. The van der Waals surface area contributed by atoms with Gasteiger partial charge >= 0.3 is 0 Å². The molecule has 0 aliphatic rings. The number of aryl methyl sites for hydroxylation is 2. The highest BCUT2D eigenvalue weighted by atomic mass is 16.5. The third kappa shape index (κ3) is 6.30. The Labute approximate surface area is 188 Å². The molecule has 0 aliphatic carbocycles. The summed E-state index contributed by atoms with van der Waals surface area (Å²) < 4.78 is 11.1. The summed E-state index contributed by atoms with van der Waals surface area (Å²) in [5, 5.41) is 2.75. The molecule has 1 atom stereocenters. The number of anilines is 2. The molecule has 0 saturated heterocycles. The van der Waals surface area contributed by atoms with E-state index in [1.807, 2.05) is 39.0 Å². The van der Waals surface area contributed by atoms with Gasteiger partial charge in [0.05, 0.1) is 24.7 Å². The molecule has 32 heavy (non-hydrogen) atoms. The van der Waals surface area contributed by atoms with Crippen LogP contribution in [0.1, 0.15) is 39.7 Å². The number of amides is 1. The number of methoxy groups -OCH3 is 1. The summed E-state index contributed by atoms with van der Waals surface area (Å²) >= 11 is 0. The van der Waals surface area contributed by atoms with Gasteiger partial charge in [-0.15, -0.1) is 0 Å². The van der Waals surface area contributed by atoms with Crippen molar-refractivity contribution in [1.29, 1.82) is 0 Å². The fourth-order valence-corrected chi connectivity index (χ4v) is 2.88. The summed E-state index contributed by atoms with van der Waals surface area (Å²) in [6.45, 7) is 6.07. The Kier molecular flexibility index (Phi) is 7.42. The van der Waals surface area contributed by atoms with Gasteiger partial charge in [0.25, 0.3) is 5.91 Å². The Morgan fingerprint density at radius 2 is 1.88 bits per heavy atom. The lowest BCUT2D eigenvalue weighted by atomic mass is 10.1. The van der Waals surface area contributed by atoms with Gasteiger partial charge in [-0.05, 0) is 56.7 Å². The zero-order valence-corrected chi connectivity index (χ0v) is 18.6. The van der Waals surface area contributed by atoms with Gasteiger partial charge < -0.3 is 20.5 Å². The summed E-state index contributed by atoms with van der Waals surface area (Å²) in [5.41, 5.74) is 10.2. The lowest BCUT2D eigenvalue weighted by molar-refractivity contribution is 0.0917. The number of aromatic nitrogens is 2. The molecule has 7 nitrogen and oxygen atoms in total. The molecule has 164 valence electrons. The summed E-state index contributed by atoms with van der Waals surface area (Å²) in [5.74, 6) is 6.73. The van der Waals surface area contributed by atoms with Gasteiger partial charge in [-0.25, -0.2) is 4.98 Å². The van der Waals surface area contributed by atoms with Crippen LogP contribution < -0.4 is 15.8 Å². The standard InChI is InChI=1S/C25H26N4O3/c1-16-5-6-19(11-23(16)26)7-8-20-9-21(12-22(10-20)32-18(3)15-31-4)25(30)29-24-14-27-17(2)13-28-24/h5-6,9-14,18H,15,26H2,1-4H3,(H,28,29,30)/t18-/m0/s1. The number of benzene rings is 2. The van der Waals surface area contributed by atoms with Crippen molar-refractivity contribution in [3.05, 3.63) is 76.7 Å². The predicted octanol–water partition coefficient (Wildman–Crippen LogP) is 3.74. The molecule has 0 saturated carbocycles. The molecule has 0 radical (unpaired) electrons. The summed E-state index contributed by atoms with van der Waals surface area (Å²) in [6.07, 6.45) is 2.90. The van der Waals surface area contributed by atoms with E-state index >= 15 is 0 Å². The van der Waals surface area contributed by atoms with Gasteiger partial charge in [0.2, 0.25) is 0 Å². The van der Waals surface area contributed by atoms with Gasteiger partial charge in [-0.2, -0.15) is 0 Å². The van der Waals surface area contributed by atoms with Crippen molar-refractivity contribution in [3.63, 3.8) is 0 Å². The number of rotatable bonds is 6. The number of carbonyl (C=O) groups excluding carboxylic acids is 1. The maximum Gasteiger partial charge on any atom is 0.257 e. The second-order valence-corrected chi connectivity index (χ2v) is 7.45. The Morgan fingerprint density at radius 1 is 1.09 bits per heavy atom. The van der Waals surface area contributed by atoms with E-state index in [4.69, 9.17) is 15.2 Å². The van der Waals surface area contributed by atoms with Crippen LogP contribution in [0.2, 0.25) is 0 Å². The van der Waals surface area contributed by atoms with Crippen LogP contribution in [0.25, 0.3) is 0 Å². The largest absolute Gasteiger partial charge is 0.488 e. The highest BCUT2D eigenvalue weighted by Gasteiger charge is 2.12. The highest BCUT2D eigenvalue weighted by molar-refractivity contribution is 6.04. The van der Waals surface area contributed by atoms with Crippen molar-refractivity contribution in [1.82, 2.24) is 9.97 Å². The monoisotopic (exact) mass is 430 g/mol. The maximum absolute atomic E-state index is 12.8. The second-order valence-electron chi connectivity index (χ2n) is 7.45. The van der Waals surface area contributed by atoms with Crippen molar-refractivity contribution in [2.24, 2.45) is 0 Å². The molecule has 0 aliphatic heterocycles. The van der Waals surface area contributed by atoms with E-state index in [2.05, 4.69) is 27.1 Å². The lowest BCUT2D eigenvalue weighted by Crippen LogP contribution is -2.19. The first-order chi connectivity index (χ1) is 15.3. The Hall–Kier alpha value is -3.89. The third-order valence-corrected chi connectivity index (χ3v) is 4.56. The van der Waals surface area contributed by atoms with Crippen LogP contribution in [0, 0.1) is 25.7 Å². The van der Waals surface area contributed by atoms with Crippen LogP contribution >= 0.6 is 0 Å². The Bertz CT molecular complexity index is 1160. The molecule has 0 bridgehead atoms. The number of hydrogen-bond donors (Lipinski definition) is 2. The minimum Gasteiger partial charge on any atom is -0.488 e. The van der Waals surface area contributed by atoms with E-state index < -0.39 is 0 Å². The molecule has 0 unspecified atom stereocenters. The second kappa shape index (κ2) is 10.4. The van der Waals surface area contributed by atoms with E-state index in [1.54, 1.807) is 31.5 Å². The quantitative estimate of drug-likeness (QED) is 0.457. The van der Waals surface area contributed by atoms with Crippen LogP contribution in [0.3, 0.4) is 0 Å². The molecule has 1 heterocycles. The topological polar surface area (TPSA) is 99.4 Å². The average molecular weight is 431 g/mol. The van der Waals surface area contributed by atoms with E-state index in [0.717, 1.165) is 16.8 Å². The Balaban J connectivity index is 1.91. The number of nitrogens with two attached hydrogens (primary N) is 1. The predicted molar refractivity (Wildman–Crippen MR) is 125 cm³/mol. The third-order valence-electron chi connectivity index (χ3n) is 4.56. The minimum absolute atomic E-state index is 0.195. The number of nitrogen functional groups attached to an aromatic ring is 1.